The molecule has 0 aromatic carbocycles. The number of carboxylic acids is 1. The Bertz CT molecular complexity index is 600. The Balaban J connectivity index is 1.85. The number of carbonyl (C=O) groups is 2. The monoisotopic (exact) mass is 309 g/mol. The number of aromatic nitrogens is 1. The highest BCUT2D eigenvalue weighted by atomic mass is 32.1. The van der Waals surface area contributed by atoms with E-state index in [0.717, 1.165) is 22.0 Å². The van der Waals surface area contributed by atoms with E-state index in [1.165, 1.54) is 0 Å². The molecule has 2 atom stereocenters. The number of thiazole rings is 1. The quantitative estimate of drug-likeness (QED) is 0.853. The Morgan fingerprint density at radius 2 is 2.38 bits per heavy atom. The van der Waals surface area contributed by atoms with Crippen molar-refractivity contribution >= 4 is 23.2 Å². The Morgan fingerprint density at radius 3 is 3.00 bits per heavy atom. The van der Waals surface area contributed by atoms with Crippen LogP contribution in [0.15, 0.2) is 0 Å². The lowest BCUT2D eigenvalue weighted by molar-refractivity contribution is -0.149. The van der Waals surface area contributed by atoms with Gasteiger partial charge in [0.05, 0.1) is 23.2 Å². The number of carboxylic acid groups (broad SMARTS) is 1. The second-order valence-corrected chi connectivity index (χ2v) is 7.08. The minimum atomic E-state index is -0.955. The number of likely N-dealkylation sites (tertiary alicyclic amines) is 1. The van der Waals surface area contributed by atoms with Gasteiger partial charge in [-0.25, -0.2) is 4.98 Å². The molecule has 1 aromatic heterocycles. The van der Waals surface area contributed by atoms with Crippen LogP contribution in [-0.2, 0) is 22.6 Å². The van der Waals surface area contributed by atoms with Crippen molar-refractivity contribution < 1.29 is 14.7 Å². The van der Waals surface area contributed by atoms with Crippen molar-refractivity contribution in [1.82, 2.24) is 15.2 Å². The second-order valence-electron chi connectivity index (χ2n) is 5.80. The Morgan fingerprint density at radius 1 is 1.62 bits per heavy atom. The van der Waals surface area contributed by atoms with Crippen LogP contribution in [0, 0.1) is 18.3 Å². The molecule has 2 saturated heterocycles. The predicted molar refractivity (Wildman–Crippen MR) is 78.1 cm³/mol. The molecule has 1 amide bonds. The number of amides is 1. The van der Waals surface area contributed by atoms with Crippen molar-refractivity contribution in [1.29, 1.82) is 0 Å². The molecular weight excluding hydrogens is 290 g/mol. The first-order chi connectivity index (χ1) is 9.98. The lowest BCUT2D eigenvalue weighted by Crippen LogP contribution is -2.40. The van der Waals surface area contributed by atoms with Crippen molar-refractivity contribution in [3.63, 3.8) is 0 Å². The molecule has 2 aliphatic heterocycles. The lowest BCUT2D eigenvalue weighted by Gasteiger charge is -2.22. The van der Waals surface area contributed by atoms with E-state index in [2.05, 4.69) is 10.3 Å². The van der Waals surface area contributed by atoms with E-state index in [-0.39, 0.29) is 5.91 Å². The number of nitrogens with zero attached hydrogens (tertiary/aromatic N) is 2. The lowest BCUT2D eigenvalue weighted by atomic mass is 9.81. The summed E-state index contributed by atoms with van der Waals surface area (Å²) < 4.78 is 0. The number of hydrogen-bond acceptors (Lipinski definition) is 5. The first-order valence-electron chi connectivity index (χ1n) is 7.16. The third-order valence-electron chi connectivity index (χ3n) is 4.52. The fraction of sp³-hybridized carbons (Fsp3) is 0.643. The molecule has 6 nitrogen and oxygen atoms in total. The van der Waals surface area contributed by atoms with Gasteiger partial charge in [0.2, 0.25) is 5.91 Å². The first kappa shape index (κ1) is 14.5. The maximum Gasteiger partial charge on any atom is 0.313 e. The normalized spacial score (nSPS) is 28.2. The number of aryl methyl sites for hydroxylation is 2. The smallest absolute Gasteiger partial charge is 0.313 e. The molecule has 1 aromatic rings. The van der Waals surface area contributed by atoms with Crippen molar-refractivity contribution in [2.75, 3.05) is 19.6 Å². The minimum absolute atomic E-state index is 0.0458. The van der Waals surface area contributed by atoms with Crippen LogP contribution in [0.3, 0.4) is 0 Å². The van der Waals surface area contributed by atoms with Crippen molar-refractivity contribution in [3.05, 3.63) is 15.6 Å². The van der Waals surface area contributed by atoms with Crippen LogP contribution in [0.1, 0.15) is 22.5 Å². The Labute approximate surface area is 127 Å². The van der Waals surface area contributed by atoms with E-state index in [1.807, 2.05) is 13.8 Å². The van der Waals surface area contributed by atoms with Crippen molar-refractivity contribution in [2.24, 2.45) is 11.3 Å². The fourth-order valence-electron chi connectivity index (χ4n) is 3.40. The molecule has 21 heavy (non-hydrogen) atoms. The summed E-state index contributed by atoms with van der Waals surface area (Å²) in [7, 11) is 0. The van der Waals surface area contributed by atoms with Gasteiger partial charge in [0.1, 0.15) is 5.41 Å². The summed E-state index contributed by atoms with van der Waals surface area (Å²) in [4.78, 5) is 31.4. The van der Waals surface area contributed by atoms with Gasteiger partial charge in [-0.3, -0.25) is 9.59 Å². The molecule has 0 unspecified atom stereocenters. The molecule has 0 aliphatic carbocycles. The molecule has 2 fully saturated rings. The summed E-state index contributed by atoms with van der Waals surface area (Å²) in [6.07, 6.45) is 0.830. The van der Waals surface area contributed by atoms with Crippen LogP contribution < -0.4 is 5.32 Å². The molecule has 2 N–H and O–H groups in total. The molecule has 0 spiro atoms. The standard InChI is InChI=1S/C14H19N3O3S/c1-3-10-11(21-8(2)16-10)5-17-7-14(13(19)20)6-15-4-9(14)12(17)18/h9,15H,3-7H2,1-2H3,(H,19,20)/t9-,14-/m0/s1. The zero-order valence-electron chi connectivity index (χ0n) is 12.2. The van der Waals surface area contributed by atoms with Crippen LogP contribution in [0.25, 0.3) is 0 Å². The average molecular weight is 309 g/mol. The minimum Gasteiger partial charge on any atom is -0.481 e. The zero-order chi connectivity index (χ0) is 15.2. The molecular formula is C14H19N3O3S. The van der Waals surface area contributed by atoms with Gasteiger partial charge in [0.15, 0.2) is 0 Å². The maximum absolute atomic E-state index is 12.5. The van der Waals surface area contributed by atoms with Gasteiger partial charge in [-0.1, -0.05) is 6.92 Å². The van der Waals surface area contributed by atoms with Gasteiger partial charge in [-0.05, 0) is 13.3 Å². The first-order valence-corrected chi connectivity index (χ1v) is 7.97. The van der Waals surface area contributed by atoms with Crippen molar-refractivity contribution in [2.45, 2.75) is 26.8 Å². The van der Waals surface area contributed by atoms with E-state index in [4.69, 9.17) is 0 Å². The summed E-state index contributed by atoms with van der Waals surface area (Å²) in [5.41, 5.74) is 0.0632. The van der Waals surface area contributed by atoms with Gasteiger partial charge < -0.3 is 15.3 Å². The summed E-state index contributed by atoms with van der Waals surface area (Å²) in [5.74, 6) is -1.35. The fourth-order valence-corrected chi connectivity index (χ4v) is 4.44. The number of hydrogen-bond donors (Lipinski definition) is 2. The van der Waals surface area contributed by atoms with E-state index < -0.39 is 17.3 Å². The van der Waals surface area contributed by atoms with E-state index in [9.17, 15) is 14.7 Å². The van der Waals surface area contributed by atoms with Gasteiger partial charge in [0.25, 0.3) is 0 Å². The number of rotatable bonds is 4. The van der Waals surface area contributed by atoms with Crippen LogP contribution in [0.2, 0.25) is 0 Å². The number of nitrogens with one attached hydrogen (secondary N) is 1. The second kappa shape index (κ2) is 5.06. The molecule has 7 heteroatoms. The number of fused-ring (bicyclic) bond motifs is 1. The third kappa shape index (κ3) is 2.15. The van der Waals surface area contributed by atoms with Gasteiger partial charge >= 0.3 is 5.97 Å². The summed E-state index contributed by atoms with van der Waals surface area (Å²) in [6, 6.07) is 0. The maximum atomic E-state index is 12.5. The average Bonchev–Trinajstić information content (AvgIpc) is 3.07. The highest BCUT2D eigenvalue weighted by Gasteiger charge is 2.59. The Kier molecular flexibility index (Phi) is 3.49. The third-order valence-corrected chi connectivity index (χ3v) is 5.52. The topological polar surface area (TPSA) is 82.5 Å². The van der Waals surface area contributed by atoms with Gasteiger partial charge in [-0.15, -0.1) is 11.3 Å². The van der Waals surface area contributed by atoms with Crippen LogP contribution in [0.4, 0.5) is 0 Å². The molecule has 2 aliphatic rings. The molecule has 0 radical (unpaired) electrons. The van der Waals surface area contributed by atoms with E-state index in [0.29, 0.717) is 26.2 Å². The summed E-state index contributed by atoms with van der Waals surface area (Å²) in [6.45, 7) is 5.61. The van der Waals surface area contributed by atoms with Gasteiger partial charge in [-0.2, -0.15) is 0 Å². The van der Waals surface area contributed by atoms with Crippen LogP contribution in [0.5, 0.6) is 0 Å². The summed E-state index contributed by atoms with van der Waals surface area (Å²) >= 11 is 1.60. The SMILES string of the molecule is CCc1nc(C)sc1CN1C[C@@]2(C(=O)O)CNC[C@H]2C1=O. The van der Waals surface area contributed by atoms with E-state index >= 15 is 0 Å². The Hall–Kier alpha value is -1.47. The van der Waals surface area contributed by atoms with Gasteiger partial charge in [0, 0.05) is 24.5 Å². The largest absolute Gasteiger partial charge is 0.481 e. The molecule has 3 rings (SSSR count). The highest BCUT2D eigenvalue weighted by molar-refractivity contribution is 7.11. The molecule has 3 heterocycles. The van der Waals surface area contributed by atoms with Crippen LogP contribution >= 0.6 is 11.3 Å². The highest BCUT2D eigenvalue weighted by Crippen LogP contribution is 2.41. The zero-order valence-corrected chi connectivity index (χ0v) is 13.0. The molecule has 0 bridgehead atoms. The number of carbonyl (C=O) groups excluding carboxylic acids is 1. The van der Waals surface area contributed by atoms with Crippen LogP contribution in [-0.4, -0.2) is 46.5 Å². The van der Waals surface area contributed by atoms with E-state index in [1.54, 1.807) is 16.2 Å². The summed E-state index contributed by atoms with van der Waals surface area (Å²) in [5, 5.41) is 13.6. The predicted octanol–water partition coefficient (Wildman–Crippen LogP) is 0.647. The van der Waals surface area contributed by atoms with Crippen molar-refractivity contribution in [3.8, 4) is 0 Å². The molecule has 114 valence electrons. The molecule has 0 saturated carbocycles. The number of aliphatic carboxylic acids is 1.